The molecule has 1 saturated heterocycles. The van der Waals surface area contributed by atoms with Crippen LogP contribution in [0.3, 0.4) is 0 Å². The molecule has 0 radical (unpaired) electrons. The third-order valence-corrected chi connectivity index (χ3v) is 4.03. The molecule has 0 aromatic rings. The second-order valence-corrected chi connectivity index (χ2v) is 5.31. The SMILES string of the molecule is O=C(NC1CCCCC1)N1CCCCC1CO. The zero-order chi connectivity index (χ0) is 12.1. The van der Waals surface area contributed by atoms with Crippen molar-refractivity contribution in [2.24, 2.45) is 0 Å². The predicted molar refractivity (Wildman–Crippen MR) is 66.8 cm³/mol. The van der Waals surface area contributed by atoms with Gasteiger partial charge in [-0.05, 0) is 32.1 Å². The molecule has 0 bridgehead atoms. The van der Waals surface area contributed by atoms with E-state index < -0.39 is 0 Å². The Labute approximate surface area is 103 Å². The number of nitrogens with zero attached hydrogens (tertiary/aromatic N) is 1. The first-order chi connectivity index (χ1) is 8.31. The summed E-state index contributed by atoms with van der Waals surface area (Å²) in [5, 5.41) is 12.4. The van der Waals surface area contributed by atoms with Crippen molar-refractivity contribution in [2.75, 3.05) is 13.2 Å². The summed E-state index contributed by atoms with van der Waals surface area (Å²) >= 11 is 0. The van der Waals surface area contributed by atoms with Gasteiger partial charge in [-0.25, -0.2) is 4.79 Å². The molecular formula is C13H24N2O2. The van der Waals surface area contributed by atoms with Crippen LogP contribution in [0.2, 0.25) is 0 Å². The number of urea groups is 1. The third kappa shape index (κ3) is 3.35. The van der Waals surface area contributed by atoms with E-state index in [1.54, 1.807) is 0 Å². The van der Waals surface area contributed by atoms with Gasteiger partial charge in [0, 0.05) is 12.6 Å². The van der Waals surface area contributed by atoms with Crippen LogP contribution in [0.4, 0.5) is 4.79 Å². The predicted octanol–water partition coefficient (Wildman–Crippen LogP) is 1.88. The van der Waals surface area contributed by atoms with Gasteiger partial charge in [-0.3, -0.25) is 0 Å². The summed E-state index contributed by atoms with van der Waals surface area (Å²) in [5.74, 6) is 0. The number of piperidine rings is 1. The smallest absolute Gasteiger partial charge is 0.317 e. The maximum Gasteiger partial charge on any atom is 0.317 e. The number of aliphatic hydroxyl groups excluding tert-OH is 1. The van der Waals surface area contributed by atoms with Crippen LogP contribution >= 0.6 is 0 Å². The number of nitrogens with one attached hydrogen (secondary N) is 1. The molecule has 2 amide bonds. The molecule has 2 N–H and O–H groups in total. The molecule has 17 heavy (non-hydrogen) atoms. The molecule has 4 nitrogen and oxygen atoms in total. The largest absolute Gasteiger partial charge is 0.394 e. The Hall–Kier alpha value is -0.770. The molecule has 2 rings (SSSR count). The minimum absolute atomic E-state index is 0.0346. The standard InChI is InChI=1S/C13H24N2O2/c16-10-12-8-4-5-9-15(12)13(17)14-11-6-2-1-3-7-11/h11-12,16H,1-10H2,(H,14,17). The van der Waals surface area contributed by atoms with E-state index >= 15 is 0 Å². The van der Waals surface area contributed by atoms with E-state index in [9.17, 15) is 9.90 Å². The molecule has 0 aromatic carbocycles. The van der Waals surface area contributed by atoms with E-state index in [0.717, 1.165) is 38.6 Å². The van der Waals surface area contributed by atoms with Gasteiger partial charge < -0.3 is 15.3 Å². The van der Waals surface area contributed by atoms with Gasteiger partial charge in [0.1, 0.15) is 0 Å². The number of likely N-dealkylation sites (tertiary alicyclic amines) is 1. The number of hydrogen-bond acceptors (Lipinski definition) is 2. The van der Waals surface area contributed by atoms with Crippen LogP contribution in [0.15, 0.2) is 0 Å². The van der Waals surface area contributed by atoms with Gasteiger partial charge in [0.15, 0.2) is 0 Å². The van der Waals surface area contributed by atoms with Crippen LogP contribution in [0.1, 0.15) is 51.4 Å². The Morgan fingerprint density at radius 2 is 1.82 bits per heavy atom. The van der Waals surface area contributed by atoms with Crippen molar-refractivity contribution < 1.29 is 9.90 Å². The summed E-state index contributed by atoms with van der Waals surface area (Å²) in [7, 11) is 0. The maximum absolute atomic E-state index is 12.1. The number of amides is 2. The van der Waals surface area contributed by atoms with Gasteiger partial charge in [0.2, 0.25) is 0 Å². The highest BCUT2D eigenvalue weighted by molar-refractivity contribution is 5.75. The van der Waals surface area contributed by atoms with Crippen molar-refractivity contribution in [2.45, 2.75) is 63.5 Å². The van der Waals surface area contributed by atoms with Crippen molar-refractivity contribution in [3.63, 3.8) is 0 Å². The van der Waals surface area contributed by atoms with E-state index in [1.165, 1.54) is 19.3 Å². The summed E-state index contributed by atoms with van der Waals surface area (Å²) in [4.78, 5) is 14.0. The fourth-order valence-electron chi connectivity index (χ4n) is 2.96. The molecule has 1 unspecified atom stereocenters. The molecular weight excluding hydrogens is 216 g/mol. The number of aliphatic hydroxyl groups is 1. The number of carbonyl (C=O) groups excluding carboxylic acids is 1. The molecule has 1 heterocycles. The van der Waals surface area contributed by atoms with Crippen LogP contribution in [0.25, 0.3) is 0 Å². The normalized spacial score (nSPS) is 26.9. The Kier molecular flexibility index (Phi) is 4.66. The van der Waals surface area contributed by atoms with Crippen molar-refractivity contribution in [3.8, 4) is 0 Å². The highest BCUT2D eigenvalue weighted by atomic mass is 16.3. The van der Waals surface area contributed by atoms with Crippen LogP contribution < -0.4 is 5.32 Å². The van der Waals surface area contributed by atoms with Crippen molar-refractivity contribution in [1.29, 1.82) is 0 Å². The molecule has 1 aliphatic heterocycles. The average Bonchev–Trinajstić information content (AvgIpc) is 2.40. The summed E-state index contributed by atoms with van der Waals surface area (Å²) in [5.41, 5.74) is 0. The summed E-state index contributed by atoms with van der Waals surface area (Å²) in [6.45, 7) is 0.891. The maximum atomic E-state index is 12.1. The minimum atomic E-state index is 0.0346. The van der Waals surface area contributed by atoms with Crippen LogP contribution in [0, 0.1) is 0 Å². The summed E-state index contributed by atoms with van der Waals surface area (Å²) < 4.78 is 0. The molecule has 98 valence electrons. The first kappa shape index (κ1) is 12.7. The van der Waals surface area contributed by atoms with Gasteiger partial charge in [0.05, 0.1) is 12.6 Å². The highest BCUT2D eigenvalue weighted by Crippen LogP contribution is 2.20. The van der Waals surface area contributed by atoms with E-state index in [4.69, 9.17) is 0 Å². The molecule has 0 spiro atoms. The fraction of sp³-hybridized carbons (Fsp3) is 0.923. The zero-order valence-electron chi connectivity index (χ0n) is 10.5. The second kappa shape index (κ2) is 6.24. The number of rotatable bonds is 2. The van der Waals surface area contributed by atoms with Gasteiger partial charge in [-0.15, -0.1) is 0 Å². The first-order valence-corrected chi connectivity index (χ1v) is 6.99. The molecule has 0 aromatic heterocycles. The Morgan fingerprint density at radius 3 is 2.53 bits per heavy atom. The lowest BCUT2D eigenvalue weighted by Crippen LogP contribution is -2.52. The molecule has 1 aliphatic carbocycles. The van der Waals surface area contributed by atoms with E-state index in [-0.39, 0.29) is 18.7 Å². The fourth-order valence-corrected chi connectivity index (χ4v) is 2.96. The van der Waals surface area contributed by atoms with Gasteiger partial charge in [-0.2, -0.15) is 0 Å². The minimum Gasteiger partial charge on any atom is -0.394 e. The third-order valence-electron chi connectivity index (χ3n) is 4.03. The number of carbonyl (C=O) groups is 1. The quantitative estimate of drug-likeness (QED) is 0.774. The van der Waals surface area contributed by atoms with Crippen molar-refractivity contribution in [3.05, 3.63) is 0 Å². The lowest BCUT2D eigenvalue weighted by molar-refractivity contribution is 0.105. The lowest BCUT2D eigenvalue weighted by atomic mass is 9.95. The van der Waals surface area contributed by atoms with E-state index in [1.807, 2.05) is 4.90 Å². The van der Waals surface area contributed by atoms with Gasteiger partial charge in [-0.1, -0.05) is 19.3 Å². The Bertz CT molecular complexity index is 252. The molecule has 4 heteroatoms. The van der Waals surface area contributed by atoms with Crippen molar-refractivity contribution >= 4 is 6.03 Å². The van der Waals surface area contributed by atoms with Crippen LogP contribution in [-0.4, -0.2) is 41.3 Å². The number of hydrogen-bond donors (Lipinski definition) is 2. The molecule has 1 atom stereocenters. The Morgan fingerprint density at radius 1 is 1.12 bits per heavy atom. The van der Waals surface area contributed by atoms with E-state index in [0.29, 0.717) is 6.04 Å². The zero-order valence-corrected chi connectivity index (χ0v) is 10.5. The van der Waals surface area contributed by atoms with Gasteiger partial charge in [0.25, 0.3) is 0 Å². The molecule has 2 fully saturated rings. The van der Waals surface area contributed by atoms with Crippen LogP contribution in [-0.2, 0) is 0 Å². The second-order valence-electron chi connectivity index (χ2n) is 5.31. The molecule has 2 aliphatic rings. The van der Waals surface area contributed by atoms with E-state index in [2.05, 4.69) is 5.32 Å². The van der Waals surface area contributed by atoms with Crippen LogP contribution in [0.5, 0.6) is 0 Å². The summed E-state index contributed by atoms with van der Waals surface area (Å²) in [6.07, 6.45) is 9.12. The van der Waals surface area contributed by atoms with Crippen molar-refractivity contribution in [1.82, 2.24) is 10.2 Å². The summed E-state index contributed by atoms with van der Waals surface area (Å²) in [6, 6.07) is 0.431. The highest BCUT2D eigenvalue weighted by Gasteiger charge is 2.27. The average molecular weight is 240 g/mol. The van der Waals surface area contributed by atoms with Gasteiger partial charge >= 0.3 is 6.03 Å². The Balaban J connectivity index is 1.84. The molecule has 1 saturated carbocycles. The lowest BCUT2D eigenvalue weighted by Gasteiger charge is -2.36. The topological polar surface area (TPSA) is 52.6 Å². The first-order valence-electron chi connectivity index (χ1n) is 6.99. The monoisotopic (exact) mass is 240 g/mol.